The maximum atomic E-state index is 12.5. The highest BCUT2D eigenvalue weighted by Crippen LogP contribution is 2.21. The fourth-order valence-electron chi connectivity index (χ4n) is 2.32. The number of aliphatic hydroxyl groups is 1. The second-order valence-corrected chi connectivity index (χ2v) is 5.77. The first kappa shape index (κ1) is 14.7. The number of nitrogens with zero attached hydrogens (tertiary/aromatic N) is 3. The first-order valence-electron chi connectivity index (χ1n) is 7.00. The van der Waals surface area contributed by atoms with Gasteiger partial charge < -0.3 is 15.7 Å². The smallest absolute Gasteiger partial charge is 0.274 e. The molecule has 0 aliphatic carbocycles. The second-order valence-electron chi connectivity index (χ2n) is 5.77. The SMILES string of the molecule is CC(C)c1ncc(N)c(C(=O)N2CCC(O)C(C)C2)n1. The van der Waals surface area contributed by atoms with Crippen molar-refractivity contribution in [2.75, 3.05) is 18.8 Å². The van der Waals surface area contributed by atoms with E-state index in [1.165, 1.54) is 6.20 Å². The van der Waals surface area contributed by atoms with Crippen LogP contribution >= 0.6 is 0 Å². The highest BCUT2D eigenvalue weighted by Gasteiger charge is 2.29. The van der Waals surface area contributed by atoms with E-state index in [0.29, 0.717) is 31.0 Å². The van der Waals surface area contributed by atoms with Crippen LogP contribution in [0.4, 0.5) is 5.69 Å². The Morgan fingerprint density at radius 1 is 1.55 bits per heavy atom. The number of aromatic nitrogens is 2. The standard InChI is InChI=1S/C14H22N4O2/c1-8(2)13-16-6-10(15)12(17-13)14(20)18-5-4-11(19)9(3)7-18/h6,8-9,11,19H,4-5,7,15H2,1-3H3. The van der Waals surface area contributed by atoms with Crippen LogP contribution in [-0.4, -0.2) is 45.1 Å². The van der Waals surface area contributed by atoms with Gasteiger partial charge in [0.1, 0.15) is 5.82 Å². The second kappa shape index (κ2) is 5.75. The third-order valence-electron chi connectivity index (χ3n) is 3.70. The van der Waals surface area contributed by atoms with Crippen LogP contribution in [0.2, 0.25) is 0 Å². The number of nitrogen functional groups attached to an aromatic ring is 1. The fourth-order valence-corrected chi connectivity index (χ4v) is 2.32. The molecule has 3 N–H and O–H groups in total. The number of amides is 1. The van der Waals surface area contributed by atoms with Gasteiger partial charge in [-0.25, -0.2) is 9.97 Å². The van der Waals surface area contributed by atoms with Crippen LogP contribution in [-0.2, 0) is 0 Å². The lowest BCUT2D eigenvalue weighted by Crippen LogP contribution is -2.45. The molecule has 6 nitrogen and oxygen atoms in total. The molecule has 1 aromatic rings. The molecule has 1 aliphatic rings. The molecule has 0 saturated carbocycles. The molecule has 0 radical (unpaired) electrons. The number of nitrogens with two attached hydrogens (primary N) is 1. The summed E-state index contributed by atoms with van der Waals surface area (Å²) < 4.78 is 0. The maximum absolute atomic E-state index is 12.5. The minimum Gasteiger partial charge on any atom is -0.396 e. The summed E-state index contributed by atoms with van der Waals surface area (Å²) in [7, 11) is 0. The summed E-state index contributed by atoms with van der Waals surface area (Å²) in [5.41, 5.74) is 6.41. The third kappa shape index (κ3) is 2.90. The number of aliphatic hydroxyl groups excluding tert-OH is 1. The third-order valence-corrected chi connectivity index (χ3v) is 3.70. The summed E-state index contributed by atoms with van der Waals surface area (Å²) in [6.45, 7) is 6.94. The molecule has 1 fully saturated rings. The van der Waals surface area contributed by atoms with Crippen molar-refractivity contribution in [1.82, 2.24) is 14.9 Å². The monoisotopic (exact) mass is 278 g/mol. The van der Waals surface area contributed by atoms with Gasteiger partial charge in [-0.2, -0.15) is 0 Å². The molecule has 2 unspecified atom stereocenters. The Balaban J connectivity index is 2.22. The van der Waals surface area contributed by atoms with E-state index in [1.807, 2.05) is 20.8 Å². The number of carbonyl (C=O) groups excluding carboxylic acids is 1. The van der Waals surface area contributed by atoms with Crippen molar-refractivity contribution < 1.29 is 9.90 Å². The lowest BCUT2D eigenvalue weighted by atomic mass is 9.96. The minimum absolute atomic E-state index is 0.0698. The van der Waals surface area contributed by atoms with Gasteiger partial charge in [-0.05, 0) is 12.3 Å². The highest BCUT2D eigenvalue weighted by molar-refractivity contribution is 5.97. The summed E-state index contributed by atoms with van der Waals surface area (Å²) in [5, 5.41) is 9.73. The molecule has 1 aromatic heterocycles. The van der Waals surface area contributed by atoms with Crippen molar-refractivity contribution in [1.29, 1.82) is 0 Å². The molecule has 2 rings (SSSR count). The molecule has 2 atom stereocenters. The molecule has 0 spiro atoms. The predicted octanol–water partition coefficient (Wildman–Crippen LogP) is 1.03. The largest absolute Gasteiger partial charge is 0.396 e. The lowest BCUT2D eigenvalue weighted by molar-refractivity contribution is 0.0294. The van der Waals surface area contributed by atoms with E-state index >= 15 is 0 Å². The van der Waals surface area contributed by atoms with Gasteiger partial charge in [0.25, 0.3) is 5.91 Å². The lowest BCUT2D eigenvalue weighted by Gasteiger charge is -2.34. The normalized spacial score (nSPS) is 23.1. The molecule has 6 heteroatoms. The Labute approximate surface area is 119 Å². The average molecular weight is 278 g/mol. The summed E-state index contributed by atoms with van der Waals surface area (Å²) in [6.07, 6.45) is 1.75. The van der Waals surface area contributed by atoms with Crippen molar-refractivity contribution >= 4 is 11.6 Å². The first-order valence-corrected chi connectivity index (χ1v) is 7.00. The van der Waals surface area contributed by atoms with Crippen LogP contribution in [0.3, 0.4) is 0 Å². The van der Waals surface area contributed by atoms with Crippen LogP contribution < -0.4 is 5.73 Å². The van der Waals surface area contributed by atoms with Gasteiger partial charge in [0.2, 0.25) is 0 Å². The van der Waals surface area contributed by atoms with Crippen LogP contribution in [0.5, 0.6) is 0 Å². The number of hydrogen-bond donors (Lipinski definition) is 2. The van der Waals surface area contributed by atoms with Crippen LogP contribution in [0.1, 0.15) is 49.4 Å². The number of hydrogen-bond acceptors (Lipinski definition) is 5. The number of carbonyl (C=O) groups is 1. The summed E-state index contributed by atoms with van der Waals surface area (Å²) in [5.74, 6) is 0.655. The van der Waals surface area contributed by atoms with Crippen molar-refractivity contribution in [3.05, 3.63) is 17.7 Å². The zero-order chi connectivity index (χ0) is 14.9. The van der Waals surface area contributed by atoms with Gasteiger partial charge in [-0.15, -0.1) is 0 Å². The van der Waals surface area contributed by atoms with Crippen molar-refractivity contribution in [3.63, 3.8) is 0 Å². The number of rotatable bonds is 2. The van der Waals surface area contributed by atoms with Gasteiger partial charge in [0.05, 0.1) is 18.0 Å². The number of piperidine rings is 1. The van der Waals surface area contributed by atoms with E-state index < -0.39 is 0 Å². The van der Waals surface area contributed by atoms with E-state index in [-0.39, 0.29) is 29.5 Å². The van der Waals surface area contributed by atoms with E-state index in [9.17, 15) is 9.90 Å². The highest BCUT2D eigenvalue weighted by atomic mass is 16.3. The Morgan fingerprint density at radius 3 is 2.85 bits per heavy atom. The van der Waals surface area contributed by atoms with E-state index in [1.54, 1.807) is 4.90 Å². The van der Waals surface area contributed by atoms with Gasteiger partial charge in [0.15, 0.2) is 5.69 Å². The zero-order valence-corrected chi connectivity index (χ0v) is 12.2. The summed E-state index contributed by atoms with van der Waals surface area (Å²) in [4.78, 5) is 22.7. The Hall–Kier alpha value is -1.69. The van der Waals surface area contributed by atoms with Gasteiger partial charge in [-0.1, -0.05) is 20.8 Å². The van der Waals surface area contributed by atoms with E-state index in [0.717, 1.165) is 0 Å². The molecule has 20 heavy (non-hydrogen) atoms. The Morgan fingerprint density at radius 2 is 2.25 bits per heavy atom. The molecule has 2 heterocycles. The number of likely N-dealkylation sites (tertiary alicyclic amines) is 1. The average Bonchev–Trinajstić information content (AvgIpc) is 2.41. The topological polar surface area (TPSA) is 92.3 Å². The van der Waals surface area contributed by atoms with Gasteiger partial charge in [0, 0.05) is 19.0 Å². The molecule has 1 amide bonds. The van der Waals surface area contributed by atoms with Gasteiger partial charge >= 0.3 is 0 Å². The summed E-state index contributed by atoms with van der Waals surface area (Å²) >= 11 is 0. The van der Waals surface area contributed by atoms with E-state index in [2.05, 4.69) is 9.97 Å². The molecule has 1 saturated heterocycles. The van der Waals surface area contributed by atoms with Gasteiger partial charge in [-0.3, -0.25) is 4.79 Å². The molecule has 0 aromatic carbocycles. The molecular weight excluding hydrogens is 256 g/mol. The first-order chi connectivity index (χ1) is 9.40. The Kier molecular flexibility index (Phi) is 4.23. The molecule has 0 bridgehead atoms. The number of anilines is 1. The quantitative estimate of drug-likeness (QED) is 0.842. The summed E-state index contributed by atoms with van der Waals surface area (Å²) in [6, 6.07) is 0. The van der Waals surface area contributed by atoms with E-state index in [4.69, 9.17) is 5.73 Å². The fraction of sp³-hybridized carbons (Fsp3) is 0.643. The Bertz CT molecular complexity index is 504. The molecule has 110 valence electrons. The van der Waals surface area contributed by atoms with Crippen LogP contribution in [0.15, 0.2) is 6.20 Å². The van der Waals surface area contributed by atoms with Crippen LogP contribution in [0, 0.1) is 5.92 Å². The maximum Gasteiger partial charge on any atom is 0.274 e. The predicted molar refractivity (Wildman–Crippen MR) is 76.2 cm³/mol. The van der Waals surface area contributed by atoms with Crippen molar-refractivity contribution in [3.8, 4) is 0 Å². The molecule has 1 aliphatic heterocycles. The van der Waals surface area contributed by atoms with Crippen LogP contribution in [0.25, 0.3) is 0 Å². The minimum atomic E-state index is -0.340. The van der Waals surface area contributed by atoms with Crippen molar-refractivity contribution in [2.45, 2.75) is 39.2 Å². The zero-order valence-electron chi connectivity index (χ0n) is 12.2. The molecular formula is C14H22N4O2. The van der Waals surface area contributed by atoms with Crippen molar-refractivity contribution in [2.24, 2.45) is 5.92 Å².